The predicted octanol–water partition coefficient (Wildman–Crippen LogP) is 1.96. The Labute approximate surface area is 104 Å². The van der Waals surface area contributed by atoms with Crippen LogP contribution >= 0.6 is 11.3 Å². The SMILES string of the molecule is c1cc2sc(COC3CCNCC3)nc2cn1. The van der Waals surface area contributed by atoms with Crippen LogP contribution in [0.3, 0.4) is 0 Å². The summed E-state index contributed by atoms with van der Waals surface area (Å²) in [5, 5.41) is 4.38. The molecule has 3 rings (SSSR count). The first kappa shape index (κ1) is 11.1. The van der Waals surface area contributed by atoms with Crippen molar-refractivity contribution in [3.05, 3.63) is 23.5 Å². The maximum atomic E-state index is 5.89. The number of rotatable bonds is 3. The maximum absolute atomic E-state index is 5.89. The van der Waals surface area contributed by atoms with Gasteiger partial charge in [0.2, 0.25) is 0 Å². The standard InChI is InChI=1S/C12H15N3OS/c1-4-13-5-2-9(1)16-8-12-15-10-7-14-6-3-11(10)17-12/h3,6-7,9,13H,1-2,4-5,8H2. The van der Waals surface area contributed by atoms with Crippen molar-refractivity contribution < 1.29 is 4.74 Å². The van der Waals surface area contributed by atoms with Gasteiger partial charge in [0, 0.05) is 6.20 Å². The third kappa shape index (κ3) is 2.62. The molecule has 1 aliphatic heterocycles. The van der Waals surface area contributed by atoms with Crippen LogP contribution in [-0.4, -0.2) is 29.2 Å². The number of thiazole rings is 1. The molecule has 0 amide bonds. The fourth-order valence-electron chi connectivity index (χ4n) is 2.04. The van der Waals surface area contributed by atoms with E-state index < -0.39 is 0 Å². The predicted molar refractivity (Wildman–Crippen MR) is 68.1 cm³/mol. The number of fused-ring (bicyclic) bond motifs is 1. The van der Waals surface area contributed by atoms with Crippen LogP contribution in [-0.2, 0) is 11.3 Å². The molecule has 90 valence electrons. The van der Waals surface area contributed by atoms with E-state index in [1.165, 1.54) is 4.70 Å². The molecule has 1 fully saturated rings. The highest BCUT2D eigenvalue weighted by atomic mass is 32.1. The van der Waals surface area contributed by atoms with Gasteiger partial charge in [0.1, 0.15) is 5.01 Å². The van der Waals surface area contributed by atoms with Crippen molar-refractivity contribution in [2.75, 3.05) is 13.1 Å². The number of nitrogens with zero attached hydrogens (tertiary/aromatic N) is 2. The Morgan fingerprint density at radius 3 is 3.12 bits per heavy atom. The van der Waals surface area contributed by atoms with Crippen LogP contribution in [0.15, 0.2) is 18.5 Å². The van der Waals surface area contributed by atoms with Crippen molar-refractivity contribution in [2.45, 2.75) is 25.6 Å². The Kier molecular flexibility index (Phi) is 3.31. The van der Waals surface area contributed by atoms with Crippen LogP contribution in [0.4, 0.5) is 0 Å². The average Bonchev–Trinajstić information content (AvgIpc) is 2.80. The second-order valence-electron chi connectivity index (χ2n) is 4.21. The maximum Gasteiger partial charge on any atom is 0.120 e. The first-order valence-electron chi connectivity index (χ1n) is 5.93. The Hall–Kier alpha value is -1.04. The van der Waals surface area contributed by atoms with Crippen molar-refractivity contribution in [1.29, 1.82) is 0 Å². The number of aromatic nitrogens is 2. The van der Waals surface area contributed by atoms with Crippen molar-refractivity contribution in [2.24, 2.45) is 0 Å². The molecular formula is C12H15N3OS. The fraction of sp³-hybridized carbons (Fsp3) is 0.500. The Balaban J connectivity index is 1.64. The van der Waals surface area contributed by atoms with E-state index in [0.29, 0.717) is 12.7 Å². The molecule has 4 nitrogen and oxygen atoms in total. The summed E-state index contributed by atoms with van der Waals surface area (Å²) < 4.78 is 7.07. The molecule has 2 aromatic rings. The van der Waals surface area contributed by atoms with Gasteiger partial charge < -0.3 is 10.1 Å². The number of hydrogen-bond donors (Lipinski definition) is 1. The summed E-state index contributed by atoms with van der Waals surface area (Å²) in [5.41, 5.74) is 0.974. The van der Waals surface area contributed by atoms with E-state index in [2.05, 4.69) is 15.3 Å². The van der Waals surface area contributed by atoms with E-state index >= 15 is 0 Å². The molecular weight excluding hydrogens is 234 g/mol. The second kappa shape index (κ2) is 5.08. The zero-order valence-electron chi connectivity index (χ0n) is 9.56. The molecule has 0 aromatic carbocycles. The average molecular weight is 249 g/mol. The molecule has 0 spiro atoms. The number of ether oxygens (including phenoxy) is 1. The molecule has 0 radical (unpaired) electrons. The minimum absolute atomic E-state index is 0.390. The number of nitrogens with one attached hydrogen (secondary N) is 1. The molecule has 0 bridgehead atoms. The van der Waals surface area contributed by atoms with Gasteiger partial charge in [-0.2, -0.15) is 0 Å². The van der Waals surface area contributed by atoms with Gasteiger partial charge in [0.15, 0.2) is 0 Å². The van der Waals surface area contributed by atoms with Crippen molar-refractivity contribution in [3.63, 3.8) is 0 Å². The monoisotopic (exact) mass is 249 g/mol. The van der Waals surface area contributed by atoms with Crippen LogP contribution in [0.1, 0.15) is 17.8 Å². The summed E-state index contributed by atoms with van der Waals surface area (Å²) >= 11 is 1.69. The minimum Gasteiger partial charge on any atom is -0.371 e. The third-order valence-corrected chi connectivity index (χ3v) is 3.97. The number of hydrogen-bond acceptors (Lipinski definition) is 5. The van der Waals surface area contributed by atoms with Crippen LogP contribution in [0.2, 0.25) is 0 Å². The lowest BCUT2D eigenvalue weighted by atomic mass is 10.1. The highest BCUT2D eigenvalue weighted by Gasteiger charge is 2.14. The molecule has 0 saturated carbocycles. The van der Waals surface area contributed by atoms with E-state index in [1.54, 1.807) is 23.7 Å². The molecule has 1 saturated heterocycles. The van der Waals surface area contributed by atoms with Crippen molar-refractivity contribution >= 4 is 21.6 Å². The molecule has 0 aliphatic carbocycles. The van der Waals surface area contributed by atoms with Gasteiger partial charge in [-0.15, -0.1) is 11.3 Å². The van der Waals surface area contributed by atoms with Gasteiger partial charge in [-0.1, -0.05) is 0 Å². The Morgan fingerprint density at radius 1 is 1.41 bits per heavy atom. The molecule has 1 aliphatic rings. The largest absolute Gasteiger partial charge is 0.371 e. The summed E-state index contributed by atoms with van der Waals surface area (Å²) in [5.74, 6) is 0. The lowest BCUT2D eigenvalue weighted by molar-refractivity contribution is 0.0212. The lowest BCUT2D eigenvalue weighted by Crippen LogP contribution is -2.32. The van der Waals surface area contributed by atoms with E-state index in [4.69, 9.17) is 4.74 Å². The molecule has 17 heavy (non-hydrogen) atoms. The van der Waals surface area contributed by atoms with E-state index in [1.807, 2.05) is 6.07 Å². The molecule has 0 atom stereocenters. The summed E-state index contributed by atoms with van der Waals surface area (Å²) in [6.07, 6.45) is 6.21. The summed E-state index contributed by atoms with van der Waals surface area (Å²) in [7, 11) is 0. The number of piperidine rings is 1. The topological polar surface area (TPSA) is 47.0 Å². The zero-order chi connectivity index (χ0) is 11.5. The van der Waals surface area contributed by atoms with Crippen LogP contribution in [0.25, 0.3) is 10.2 Å². The third-order valence-electron chi connectivity index (χ3n) is 2.96. The molecule has 5 heteroatoms. The van der Waals surface area contributed by atoms with Gasteiger partial charge in [0.25, 0.3) is 0 Å². The van der Waals surface area contributed by atoms with Crippen molar-refractivity contribution in [1.82, 2.24) is 15.3 Å². The fourth-order valence-corrected chi connectivity index (χ4v) is 2.90. The lowest BCUT2D eigenvalue weighted by Gasteiger charge is -2.22. The minimum atomic E-state index is 0.390. The van der Waals surface area contributed by atoms with Crippen LogP contribution in [0.5, 0.6) is 0 Å². The molecule has 2 aromatic heterocycles. The Bertz CT molecular complexity index is 460. The van der Waals surface area contributed by atoms with E-state index in [9.17, 15) is 0 Å². The summed E-state index contributed by atoms with van der Waals surface area (Å²) in [4.78, 5) is 8.58. The summed E-state index contributed by atoms with van der Waals surface area (Å²) in [6.45, 7) is 2.76. The van der Waals surface area contributed by atoms with Gasteiger partial charge in [0.05, 0.1) is 29.1 Å². The Morgan fingerprint density at radius 2 is 2.29 bits per heavy atom. The van der Waals surface area contributed by atoms with Crippen LogP contribution in [0, 0.1) is 0 Å². The van der Waals surface area contributed by atoms with Crippen molar-refractivity contribution in [3.8, 4) is 0 Å². The van der Waals surface area contributed by atoms with E-state index in [0.717, 1.165) is 36.5 Å². The second-order valence-corrected chi connectivity index (χ2v) is 5.33. The molecule has 1 N–H and O–H groups in total. The summed E-state index contributed by atoms with van der Waals surface area (Å²) in [6, 6.07) is 2.00. The highest BCUT2D eigenvalue weighted by molar-refractivity contribution is 7.18. The van der Waals surface area contributed by atoms with Gasteiger partial charge >= 0.3 is 0 Å². The number of pyridine rings is 1. The first-order chi connectivity index (χ1) is 8.42. The zero-order valence-corrected chi connectivity index (χ0v) is 10.4. The smallest absolute Gasteiger partial charge is 0.120 e. The quantitative estimate of drug-likeness (QED) is 0.903. The normalized spacial score (nSPS) is 17.6. The first-order valence-corrected chi connectivity index (χ1v) is 6.75. The van der Waals surface area contributed by atoms with Gasteiger partial charge in [-0.25, -0.2) is 4.98 Å². The molecule has 0 unspecified atom stereocenters. The molecule has 3 heterocycles. The van der Waals surface area contributed by atoms with E-state index in [-0.39, 0.29) is 0 Å². The van der Waals surface area contributed by atoms with Crippen LogP contribution < -0.4 is 5.32 Å². The highest BCUT2D eigenvalue weighted by Crippen LogP contribution is 2.22. The van der Waals surface area contributed by atoms with Gasteiger partial charge in [-0.05, 0) is 32.0 Å². The van der Waals surface area contributed by atoms with Gasteiger partial charge in [-0.3, -0.25) is 4.98 Å².